The third kappa shape index (κ3) is 1.99. The van der Waals surface area contributed by atoms with Crippen molar-refractivity contribution in [2.45, 2.75) is 25.8 Å². The summed E-state index contributed by atoms with van der Waals surface area (Å²) < 4.78 is 0. The summed E-state index contributed by atoms with van der Waals surface area (Å²) in [5, 5.41) is 0. The van der Waals surface area contributed by atoms with Crippen LogP contribution in [0.1, 0.15) is 28.9 Å². The normalized spacial score (nSPS) is 14.7. The number of nitrogen functional groups attached to an aromatic ring is 1. The second-order valence-electron chi connectivity index (χ2n) is 4.16. The molecule has 3 N–H and O–H groups in total. The summed E-state index contributed by atoms with van der Waals surface area (Å²) in [6, 6.07) is 2.16. The number of pyridine rings is 1. The van der Waals surface area contributed by atoms with Crippen molar-refractivity contribution in [3.63, 3.8) is 0 Å². The van der Waals surface area contributed by atoms with Crippen LogP contribution in [-0.4, -0.2) is 28.9 Å². The molecule has 0 spiro atoms. The fraction of sp³-hybridized carbons (Fsp3) is 0.455. The number of carbonyl (C=O) groups is 1. The first-order valence-electron chi connectivity index (χ1n) is 5.34. The molecule has 0 bridgehead atoms. The second kappa shape index (κ2) is 4.09. The van der Waals surface area contributed by atoms with Crippen molar-refractivity contribution in [1.82, 2.24) is 9.88 Å². The van der Waals surface area contributed by atoms with Gasteiger partial charge in [0.2, 0.25) is 0 Å². The highest BCUT2D eigenvalue weighted by Gasteiger charge is 2.31. The lowest BCUT2D eigenvalue weighted by molar-refractivity contribution is 0.0785. The molecule has 0 saturated heterocycles. The SMILES string of the molecule is Cc1cc(NN)c(C(=O)N(C)C2CC2)cn1. The van der Waals surface area contributed by atoms with Gasteiger partial charge in [-0.15, -0.1) is 0 Å². The van der Waals surface area contributed by atoms with Gasteiger partial charge in [-0.3, -0.25) is 15.6 Å². The molecule has 86 valence electrons. The van der Waals surface area contributed by atoms with E-state index in [-0.39, 0.29) is 5.91 Å². The standard InChI is InChI=1S/C11H16N4O/c1-7-5-10(14-12)9(6-13-7)11(16)15(2)8-3-4-8/h5-6,8H,3-4,12H2,1-2H3,(H,13,14). The lowest BCUT2D eigenvalue weighted by Crippen LogP contribution is -2.30. The minimum Gasteiger partial charge on any atom is -0.339 e. The summed E-state index contributed by atoms with van der Waals surface area (Å²) in [4.78, 5) is 18.0. The van der Waals surface area contributed by atoms with Crippen molar-refractivity contribution < 1.29 is 4.79 Å². The van der Waals surface area contributed by atoms with E-state index in [2.05, 4.69) is 10.4 Å². The number of hydrazine groups is 1. The van der Waals surface area contributed by atoms with Crippen LogP contribution in [0, 0.1) is 6.92 Å². The molecule has 0 aliphatic heterocycles. The van der Waals surface area contributed by atoms with E-state index >= 15 is 0 Å². The van der Waals surface area contributed by atoms with Gasteiger partial charge in [0.15, 0.2) is 0 Å². The largest absolute Gasteiger partial charge is 0.339 e. The van der Waals surface area contributed by atoms with Crippen LogP contribution >= 0.6 is 0 Å². The van der Waals surface area contributed by atoms with Gasteiger partial charge in [0.25, 0.3) is 5.91 Å². The first-order valence-corrected chi connectivity index (χ1v) is 5.34. The number of hydrogen-bond acceptors (Lipinski definition) is 4. The Morgan fingerprint density at radius 3 is 2.88 bits per heavy atom. The van der Waals surface area contributed by atoms with Crippen LogP contribution in [0.25, 0.3) is 0 Å². The number of aryl methyl sites for hydroxylation is 1. The number of nitrogens with zero attached hydrogens (tertiary/aromatic N) is 2. The first kappa shape index (κ1) is 10.9. The Hall–Kier alpha value is -1.62. The molecule has 0 unspecified atom stereocenters. The topological polar surface area (TPSA) is 71.2 Å². The highest BCUT2D eigenvalue weighted by atomic mass is 16.2. The van der Waals surface area contributed by atoms with Crippen LogP contribution in [0.5, 0.6) is 0 Å². The number of nitrogens with two attached hydrogens (primary N) is 1. The van der Waals surface area contributed by atoms with Crippen molar-refractivity contribution in [3.05, 3.63) is 23.5 Å². The molecule has 1 aliphatic carbocycles. The molecule has 1 fully saturated rings. The molecule has 16 heavy (non-hydrogen) atoms. The smallest absolute Gasteiger partial charge is 0.257 e. The molecule has 0 radical (unpaired) electrons. The molecular weight excluding hydrogens is 204 g/mol. The van der Waals surface area contributed by atoms with Crippen molar-refractivity contribution in [3.8, 4) is 0 Å². The molecule has 0 aromatic carbocycles. The van der Waals surface area contributed by atoms with Crippen molar-refractivity contribution in [1.29, 1.82) is 0 Å². The maximum Gasteiger partial charge on any atom is 0.257 e. The maximum atomic E-state index is 12.1. The summed E-state index contributed by atoms with van der Waals surface area (Å²) in [6.45, 7) is 1.86. The van der Waals surface area contributed by atoms with E-state index in [1.54, 1.807) is 17.2 Å². The quantitative estimate of drug-likeness (QED) is 0.586. The lowest BCUT2D eigenvalue weighted by atomic mass is 10.2. The van der Waals surface area contributed by atoms with Crippen LogP contribution in [0.4, 0.5) is 5.69 Å². The van der Waals surface area contributed by atoms with Gasteiger partial charge in [0.1, 0.15) is 0 Å². The molecule has 1 aliphatic rings. The van der Waals surface area contributed by atoms with Crippen LogP contribution in [0.15, 0.2) is 12.3 Å². The molecule has 1 amide bonds. The Morgan fingerprint density at radius 2 is 2.31 bits per heavy atom. The van der Waals surface area contributed by atoms with Gasteiger partial charge in [0, 0.05) is 25.0 Å². The molecule has 0 atom stereocenters. The van der Waals surface area contributed by atoms with Crippen LogP contribution in [-0.2, 0) is 0 Å². The summed E-state index contributed by atoms with van der Waals surface area (Å²) >= 11 is 0. The predicted octanol–water partition coefficient (Wildman–Crippen LogP) is 0.910. The Morgan fingerprint density at radius 1 is 1.62 bits per heavy atom. The van der Waals surface area contributed by atoms with E-state index < -0.39 is 0 Å². The number of rotatable bonds is 3. The zero-order chi connectivity index (χ0) is 11.7. The average Bonchev–Trinajstić information content (AvgIpc) is 3.10. The molecule has 5 nitrogen and oxygen atoms in total. The number of aromatic nitrogens is 1. The molecule has 5 heteroatoms. The van der Waals surface area contributed by atoms with E-state index in [9.17, 15) is 4.79 Å². The van der Waals surface area contributed by atoms with E-state index in [0.717, 1.165) is 18.5 Å². The summed E-state index contributed by atoms with van der Waals surface area (Å²) in [5.74, 6) is 5.38. The lowest BCUT2D eigenvalue weighted by Gasteiger charge is -2.18. The Balaban J connectivity index is 2.27. The number of amides is 1. The van der Waals surface area contributed by atoms with Gasteiger partial charge in [0.05, 0.1) is 11.3 Å². The minimum atomic E-state index is -0.0250. The van der Waals surface area contributed by atoms with Gasteiger partial charge >= 0.3 is 0 Å². The monoisotopic (exact) mass is 220 g/mol. The Labute approximate surface area is 94.6 Å². The average molecular weight is 220 g/mol. The highest BCUT2D eigenvalue weighted by Crippen LogP contribution is 2.28. The van der Waals surface area contributed by atoms with Crippen LogP contribution in [0.3, 0.4) is 0 Å². The molecule has 1 heterocycles. The van der Waals surface area contributed by atoms with Crippen molar-refractivity contribution in [2.75, 3.05) is 12.5 Å². The first-order chi connectivity index (χ1) is 7.63. The second-order valence-corrected chi connectivity index (χ2v) is 4.16. The molecule has 1 saturated carbocycles. The number of hydrogen-bond donors (Lipinski definition) is 2. The molecule has 1 aromatic rings. The summed E-state index contributed by atoms with van der Waals surface area (Å²) in [5.41, 5.74) is 4.54. The van der Waals surface area contributed by atoms with Gasteiger partial charge in [-0.2, -0.15) is 0 Å². The number of nitrogens with one attached hydrogen (secondary N) is 1. The highest BCUT2D eigenvalue weighted by molar-refractivity contribution is 5.99. The maximum absolute atomic E-state index is 12.1. The van der Waals surface area contributed by atoms with Crippen LogP contribution in [0.2, 0.25) is 0 Å². The Kier molecular flexibility index (Phi) is 2.78. The summed E-state index contributed by atoms with van der Waals surface area (Å²) in [7, 11) is 1.82. The molecular formula is C11H16N4O. The Bertz CT molecular complexity index is 414. The van der Waals surface area contributed by atoms with Gasteiger partial charge in [-0.25, -0.2) is 0 Å². The van der Waals surface area contributed by atoms with E-state index in [1.165, 1.54) is 0 Å². The fourth-order valence-electron chi connectivity index (χ4n) is 1.67. The van der Waals surface area contributed by atoms with E-state index in [4.69, 9.17) is 5.84 Å². The summed E-state index contributed by atoms with van der Waals surface area (Å²) in [6.07, 6.45) is 3.76. The zero-order valence-electron chi connectivity index (χ0n) is 9.53. The van der Waals surface area contributed by atoms with Crippen molar-refractivity contribution in [2.24, 2.45) is 5.84 Å². The number of carbonyl (C=O) groups excluding carboxylic acids is 1. The predicted molar refractivity (Wildman–Crippen MR) is 61.9 cm³/mol. The van der Waals surface area contributed by atoms with Crippen molar-refractivity contribution >= 4 is 11.6 Å². The van der Waals surface area contributed by atoms with Gasteiger partial charge in [-0.05, 0) is 25.8 Å². The third-order valence-electron chi connectivity index (χ3n) is 2.84. The van der Waals surface area contributed by atoms with Gasteiger partial charge < -0.3 is 10.3 Å². The zero-order valence-corrected chi connectivity index (χ0v) is 9.53. The van der Waals surface area contributed by atoms with E-state index in [0.29, 0.717) is 17.3 Å². The van der Waals surface area contributed by atoms with E-state index in [1.807, 2.05) is 14.0 Å². The molecule has 2 rings (SSSR count). The number of anilines is 1. The third-order valence-corrected chi connectivity index (χ3v) is 2.84. The van der Waals surface area contributed by atoms with Crippen LogP contribution < -0.4 is 11.3 Å². The van der Waals surface area contributed by atoms with Gasteiger partial charge in [-0.1, -0.05) is 0 Å². The fourth-order valence-corrected chi connectivity index (χ4v) is 1.67. The molecule has 1 aromatic heterocycles. The minimum absolute atomic E-state index is 0.0250.